The van der Waals surface area contributed by atoms with Gasteiger partial charge in [0, 0.05) is 12.4 Å². The molecule has 6 heteroatoms. The van der Waals surface area contributed by atoms with Crippen molar-refractivity contribution in [1.29, 1.82) is 0 Å². The Morgan fingerprint density at radius 1 is 1.47 bits per heavy atom. The van der Waals surface area contributed by atoms with E-state index >= 15 is 0 Å². The Balaban J connectivity index is 2.13. The molecule has 0 aliphatic heterocycles. The molecule has 4 N–H and O–H groups in total. The van der Waals surface area contributed by atoms with E-state index in [1.165, 1.54) is 6.33 Å². The van der Waals surface area contributed by atoms with Crippen molar-refractivity contribution in [3.05, 3.63) is 30.7 Å². The SMILES string of the molecule is CC(Nc1ncncc1N)c1ncc[nH]1. The molecular weight excluding hydrogens is 192 g/mol. The summed E-state index contributed by atoms with van der Waals surface area (Å²) in [4.78, 5) is 15.0. The fourth-order valence-corrected chi connectivity index (χ4v) is 1.25. The van der Waals surface area contributed by atoms with Crippen LogP contribution < -0.4 is 11.1 Å². The van der Waals surface area contributed by atoms with Crippen molar-refractivity contribution >= 4 is 11.5 Å². The Hall–Kier alpha value is -2.11. The highest BCUT2D eigenvalue weighted by Crippen LogP contribution is 2.18. The molecule has 6 nitrogen and oxygen atoms in total. The first-order valence-corrected chi connectivity index (χ1v) is 4.58. The summed E-state index contributed by atoms with van der Waals surface area (Å²) in [5, 5.41) is 3.14. The largest absolute Gasteiger partial charge is 0.394 e. The molecular formula is C9H12N6. The molecule has 2 aromatic rings. The molecule has 0 bridgehead atoms. The highest BCUT2D eigenvalue weighted by molar-refractivity contribution is 5.59. The number of imidazole rings is 1. The molecule has 0 fully saturated rings. The van der Waals surface area contributed by atoms with Gasteiger partial charge in [0.15, 0.2) is 5.82 Å². The van der Waals surface area contributed by atoms with Crippen LogP contribution in [-0.4, -0.2) is 19.9 Å². The van der Waals surface area contributed by atoms with Crippen LogP contribution >= 0.6 is 0 Å². The quantitative estimate of drug-likeness (QED) is 0.692. The van der Waals surface area contributed by atoms with Gasteiger partial charge in [-0.1, -0.05) is 0 Å². The molecule has 0 saturated carbocycles. The van der Waals surface area contributed by atoms with Gasteiger partial charge in [0.25, 0.3) is 0 Å². The van der Waals surface area contributed by atoms with Crippen molar-refractivity contribution in [2.75, 3.05) is 11.1 Å². The molecule has 0 aromatic carbocycles. The Morgan fingerprint density at radius 3 is 3.00 bits per heavy atom. The lowest BCUT2D eigenvalue weighted by molar-refractivity contribution is 0.803. The third-order valence-electron chi connectivity index (χ3n) is 2.02. The molecule has 0 aliphatic rings. The van der Waals surface area contributed by atoms with E-state index in [1.54, 1.807) is 18.6 Å². The second-order valence-electron chi connectivity index (χ2n) is 3.17. The number of anilines is 2. The van der Waals surface area contributed by atoms with Gasteiger partial charge in [-0.2, -0.15) is 0 Å². The number of nitrogens with one attached hydrogen (secondary N) is 2. The molecule has 78 valence electrons. The van der Waals surface area contributed by atoms with E-state index in [4.69, 9.17) is 5.73 Å². The molecule has 0 amide bonds. The Labute approximate surface area is 87.0 Å². The van der Waals surface area contributed by atoms with Gasteiger partial charge in [0.1, 0.15) is 12.2 Å². The minimum absolute atomic E-state index is 0.0252. The summed E-state index contributed by atoms with van der Waals surface area (Å²) in [7, 11) is 0. The zero-order valence-corrected chi connectivity index (χ0v) is 8.31. The van der Waals surface area contributed by atoms with E-state index in [-0.39, 0.29) is 6.04 Å². The van der Waals surface area contributed by atoms with Crippen molar-refractivity contribution in [2.45, 2.75) is 13.0 Å². The van der Waals surface area contributed by atoms with E-state index in [0.29, 0.717) is 11.5 Å². The highest BCUT2D eigenvalue weighted by Gasteiger charge is 2.09. The van der Waals surface area contributed by atoms with Crippen molar-refractivity contribution in [2.24, 2.45) is 0 Å². The van der Waals surface area contributed by atoms with Crippen LogP contribution in [0.5, 0.6) is 0 Å². The standard InChI is InChI=1S/C9H12N6/c1-6(8-12-2-3-13-8)15-9-7(10)4-11-5-14-9/h2-6H,10H2,1H3,(H,12,13)(H,11,14,15). The van der Waals surface area contributed by atoms with Gasteiger partial charge in [-0.25, -0.2) is 15.0 Å². The number of aromatic amines is 1. The molecule has 0 aliphatic carbocycles. The van der Waals surface area contributed by atoms with Gasteiger partial charge < -0.3 is 16.0 Å². The molecule has 0 saturated heterocycles. The molecule has 0 radical (unpaired) electrons. The van der Waals surface area contributed by atoms with Crippen LogP contribution in [0.3, 0.4) is 0 Å². The third kappa shape index (κ3) is 2.04. The molecule has 1 atom stereocenters. The molecule has 0 spiro atoms. The van der Waals surface area contributed by atoms with Gasteiger partial charge >= 0.3 is 0 Å². The first-order chi connectivity index (χ1) is 7.27. The van der Waals surface area contributed by atoms with Crippen LogP contribution in [0.4, 0.5) is 11.5 Å². The van der Waals surface area contributed by atoms with Crippen LogP contribution in [0.2, 0.25) is 0 Å². The van der Waals surface area contributed by atoms with Gasteiger partial charge in [0.2, 0.25) is 0 Å². The lowest BCUT2D eigenvalue weighted by atomic mass is 10.3. The summed E-state index contributed by atoms with van der Waals surface area (Å²) < 4.78 is 0. The average Bonchev–Trinajstić information content (AvgIpc) is 2.74. The number of hydrogen-bond donors (Lipinski definition) is 3. The van der Waals surface area contributed by atoms with Crippen LogP contribution in [0.15, 0.2) is 24.9 Å². The van der Waals surface area contributed by atoms with Gasteiger partial charge in [-0.05, 0) is 6.92 Å². The van der Waals surface area contributed by atoms with E-state index in [0.717, 1.165) is 5.82 Å². The van der Waals surface area contributed by atoms with Crippen molar-refractivity contribution in [1.82, 2.24) is 19.9 Å². The van der Waals surface area contributed by atoms with E-state index in [2.05, 4.69) is 25.3 Å². The number of rotatable bonds is 3. The summed E-state index contributed by atoms with van der Waals surface area (Å²) in [6, 6.07) is 0.0252. The summed E-state index contributed by atoms with van der Waals surface area (Å²) in [5.74, 6) is 1.46. The number of H-pyrrole nitrogens is 1. The monoisotopic (exact) mass is 204 g/mol. The zero-order valence-electron chi connectivity index (χ0n) is 8.31. The molecule has 1 unspecified atom stereocenters. The van der Waals surface area contributed by atoms with Crippen LogP contribution in [0.25, 0.3) is 0 Å². The number of aromatic nitrogens is 4. The molecule has 2 rings (SSSR count). The molecule has 15 heavy (non-hydrogen) atoms. The highest BCUT2D eigenvalue weighted by atomic mass is 15.1. The second kappa shape index (κ2) is 3.95. The predicted octanol–water partition coefficient (Wildman–Crippen LogP) is 0.955. The summed E-state index contributed by atoms with van der Waals surface area (Å²) in [6.07, 6.45) is 6.49. The number of hydrogen-bond acceptors (Lipinski definition) is 5. The smallest absolute Gasteiger partial charge is 0.153 e. The topological polar surface area (TPSA) is 92.5 Å². The normalized spacial score (nSPS) is 12.3. The van der Waals surface area contributed by atoms with Crippen molar-refractivity contribution in [3.63, 3.8) is 0 Å². The molecule has 2 heterocycles. The van der Waals surface area contributed by atoms with Crippen LogP contribution in [0.1, 0.15) is 18.8 Å². The third-order valence-corrected chi connectivity index (χ3v) is 2.02. The fourth-order valence-electron chi connectivity index (χ4n) is 1.25. The van der Waals surface area contributed by atoms with Crippen molar-refractivity contribution < 1.29 is 0 Å². The predicted molar refractivity (Wildman–Crippen MR) is 57.1 cm³/mol. The maximum absolute atomic E-state index is 5.70. The van der Waals surface area contributed by atoms with Gasteiger partial charge in [0.05, 0.1) is 17.9 Å². The van der Waals surface area contributed by atoms with E-state index in [9.17, 15) is 0 Å². The lowest BCUT2D eigenvalue weighted by Gasteiger charge is -2.12. The Morgan fingerprint density at radius 2 is 2.33 bits per heavy atom. The first-order valence-electron chi connectivity index (χ1n) is 4.58. The minimum Gasteiger partial charge on any atom is -0.394 e. The summed E-state index contributed by atoms with van der Waals surface area (Å²) in [6.45, 7) is 1.97. The maximum Gasteiger partial charge on any atom is 0.153 e. The van der Waals surface area contributed by atoms with Crippen LogP contribution in [-0.2, 0) is 0 Å². The number of nitrogen functional groups attached to an aromatic ring is 1. The Kier molecular flexibility index (Phi) is 2.49. The maximum atomic E-state index is 5.70. The fraction of sp³-hybridized carbons (Fsp3) is 0.222. The second-order valence-corrected chi connectivity index (χ2v) is 3.17. The Bertz CT molecular complexity index is 424. The summed E-state index contributed by atoms with van der Waals surface area (Å²) >= 11 is 0. The summed E-state index contributed by atoms with van der Waals surface area (Å²) in [5.41, 5.74) is 6.23. The first kappa shape index (κ1) is 9.45. The van der Waals surface area contributed by atoms with Crippen LogP contribution in [0, 0.1) is 0 Å². The molecule has 2 aromatic heterocycles. The zero-order chi connectivity index (χ0) is 10.7. The number of nitrogens with zero attached hydrogens (tertiary/aromatic N) is 3. The minimum atomic E-state index is 0.0252. The van der Waals surface area contributed by atoms with E-state index < -0.39 is 0 Å². The lowest BCUT2D eigenvalue weighted by Crippen LogP contribution is -2.11. The van der Waals surface area contributed by atoms with Gasteiger partial charge in [-0.3, -0.25) is 0 Å². The van der Waals surface area contributed by atoms with Gasteiger partial charge in [-0.15, -0.1) is 0 Å². The number of nitrogens with two attached hydrogens (primary N) is 1. The van der Waals surface area contributed by atoms with Crippen molar-refractivity contribution in [3.8, 4) is 0 Å². The van der Waals surface area contributed by atoms with E-state index in [1.807, 2.05) is 6.92 Å². The average molecular weight is 204 g/mol.